The molecule has 4 nitrogen and oxygen atoms in total. The van der Waals surface area contributed by atoms with Crippen LogP contribution in [0.4, 0.5) is 0 Å². The molecule has 2 atom stereocenters. The summed E-state index contributed by atoms with van der Waals surface area (Å²) < 4.78 is 10.7. The maximum absolute atomic E-state index is 11.4. The van der Waals surface area contributed by atoms with E-state index in [0.29, 0.717) is 0 Å². The van der Waals surface area contributed by atoms with Gasteiger partial charge in [0.2, 0.25) is 5.91 Å². The van der Waals surface area contributed by atoms with Crippen molar-refractivity contribution in [3.05, 3.63) is 35.4 Å². The van der Waals surface area contributed by atoms with Crippen LogP contribution in [0.3, 0.4) is 0 Å². The van der Waals surface area contributed by atoms with Gasteiger partial charge >= 0.3 is 0 Å². The minimum Gasteiger partial charge on any atom is -0.359 e. The highest BCUT2D eigenvalue weighted by atomic mass is 16.7. The number of rotatable bonds is 4. The zero-order chi connectivity index (χ0) is 13.2. The van der Waals surface area contributed by atoms with Crippen LogP contribution in [-0.4, -0.2) is 25.9 Å². The molecule has 0 spiro atoms. The van der Waals surface area contributed by atoms with Crippen LogP contribution in [-0.2, 0) is 26.2 Å². The van der Waals surface area contributed by atoms with Gasteiger partial charge in [0, 0.05) is 20.5 Å². The summed E-state index contributed by atoms with van der Waals surface area (Å²) in [4.78, 5) is 11.4. The Balaban J connectivity index is 2.31. The van der Waals surface area contributed by atoms with Gasteiger partial charge in [-0.15, -0.1) is 0 Å². The number of hydrogen-bond donors (Lipinski definition) is 1. The average molecular weight is 249 g/mol. The lowest BCUT2D eigenvalue weighted by Gasteiger charge is -2.33. The van der Waals surface area contributed by atoms with E-state index in [1.165, 1.54) is 12.5 Å². The third-order valence-electron chi connectivity index (χ3n) is 3.45. The monoisotopic (exact) mass is 249 g/mol. The molecular formula is C14H19NO3. The number of carbonyl (C=O) groups is 1. The maximum atomic E-state index is 11.4. The molecule has 0 fully saturated rings. The molecule has 0 heterocycles. The van der Waals surface area contributed by atoms with E-state index in [4.69, 9.17) is 9.47 Å². The fourth-order valence-corrected chi connectivity index (χ4v) is 2.67. The van der Waals surface area contributed by atoms with Crippen LogP contribution in [0.25, 0.3) is 0 Å². The molecule has 4 heteroatoms. The maximum Gasteiger partial charge on any atom is 0.217 e. The fraction of sp³-hybridized carbons (Fsp3) is 0.500. The van der Waals surface area contributed by atoms with Gasteiger partial charge in [0.25, 0.3) is 0 Å². The van der Waals surface area contributed by atoms with Crippen molar-refractivity contribution >= 4 is 5.91 Å². The van der Waals surface area contributed by atoms with Crippen molar-refractivity contribution in [2.24, 2.45) is 0 Å². The van der Waals surface area contributed by atoms with Crippen molar-refractivity contribution in [1.29, 1.82) is 0 Å². The zero-order valence-electron chi connectivity index (χ0n) is 11.0. The van der Waals surface area contributed by atoms with Crippen molar-refractivity contribution in [2.75, 3.05) is 13.9 Å². The van der Waals surface area contributed by atoms with Crippen LogP contribution in [0, 0.1) is 0 Å². The molecule has 0 aromatic heterocycles. The molecule has 0 radical (unpaired) electrons. The van der Waals surface area contributed by atoms with Crippen LogP contribution in [0.5, 0.6) is 0 Å². The van der Waals surface area contributed by atoms with Gasteiger partial charge in [0.1, 0.15) is 6.79 Å². The van der Waals surface area contributed by atoms with E-state index in [2.05, 4.69) is 11.4 Å². The van der Waals surface area contributed by atoms with Gasteiger partial charge in [0.15, 0.2) is 0 Å². The number of fused-ring (bicyclic) bond motifs is 1. The Kier molecular flexibility index (Phi) is 3.68. The quantitative estimate of drug-likeness (QED) is 0.824. The summed E-state index contributed by atoms with van der Waals surface area (Å²) in [5, 5.41) is 3.01. The first-order chi connectivity index (χ1) is 8.58. The van der Waals surface area contributed by atoms with Gasteiger partial charge in [-0.25, -0.2) is 0 Å². The second kappa shape index (κ2) is 5.08. The summed E-state index contributed by atoms with van der Waals surface area (Å²) in [7, 11) is 1.60. The van der Waals surface area contributed by atoms with Crippen LogP contribution in [0.15, 0.2) is 24.3 Å². The number of ether oxygens (including phenoxy) is 2. The molecule has 1 aliphatic carbocycles. The Morgan fingerprint density at radius 1 is 1.50 bits per heavy atom. The Morgan fingerprint density at radius 2 is 2.22 bits per heavy atom. The van der Waals surface area contributed by atoms with Crippen LogP contribution in [0.1, 0.15) is 25.0 Å². The minimum absolute atomic E-state index is 0.0554. The first-order valence-electron chi connectivity index (χ1n) is 6.05. The Labute approximate surface area is 107 Å². The molecule has 0 saturated carbocycles. The van der Waals surface area contributed by atoms with E-state index >= 15 is 0 Å². The molecule has 18 heavy (non-hydrogen) atoms. The third kappa shape index (κ3) is 2.26. The Morgan fingerprint density at radius 3 is 2.89 bits per heavy atom. The number of nitrogens with one attached hydrogen (secondary N) is 1. The topological polar surface area (TPSA) is 47.6 Å². The molecule has 1 N–H and O–H groups in total. The number of hydrogen-bond acceptors (Lipinski definition) is 3. The SMILES string of the molecule is COCO[C@H]1Cc2ccccc2[C@@]1(C)NC(C)=O. The molecule has 1 amide bonds. The fourth-order valence-electron chi connectivity index (χ4n) is 2.67. The smallest absolute Gasteiger partial charge is 0.217 e. The molecule has 2 rings (SSSR count). The van der Waals surface area contributed by atoms with E-state index in [0.717, 1.165) is 12.0 Å². The highest BCUT2D eigenvalue weighted by Crippen LogP contribution is 2.38. The summed E-state index contributed by atoms with van der Waals surface area (Å²) in [5.74, 6) is -0.0554. The van der Waals surface area contributed by atoms with Crippen LogP contribution < -0.4 is 5.32 Å². The van der Waals surface area contributed by atoms with Crippen molar-refractivity contribution < 1.29 is 14.3 Å². The first kappa shape index (κ1) is 13.1. The largest absolute Gasteiger partial charge is 0.359 e. The van der Waals surface area contributed by atoms with Gasteiger partial charge in [-0.3, -0.25) is 4.79 Å². The molecule has 0 aliphatic heterocycles. The molecule has 0 saturated heterocycles. The predicted octanol–water partition coefficient (Wildman–Crippen LogP) is 1.58. The van der Waals surface area contributed by atoms with E-state index in [-0.39, 0.29) is 18.8 Å². The molecule has 1 aromatic carbocycles. The molecule has 1 aromatic rings. The van der Waals surface area contributed by atoms with Crippen molar-refractivity contribution in [1.82, 2.24) is 5.32 Å². The molecular weight excluding hydrogens is 230 g/mol. The zero-order valence-corrected chi connectivity index (χ0v) is 11.0. The summed E-state index contributed by atoms with van der Waals surface area (Å²) in [6.07, 6.45) is 0.690. The van der Waals surface area contributed by atoms with E-state index in [9.17, 15) is 4.79 Å². The minimum atomic E-state index is -0.485. The van der Waals surface area contributed by atoms with Crippen molar-refractivity contribution in [3.8, 4) is 0 Å². The van der Waals surface area contributed by atoms with Crippen molar-refractivity contribution in [2.45, 2.75) is 31.9 Å². The first-order valence-corrected chi connectivity index (χ1v) is 6.05. The average Bonchev–Trinajstić information content (AvgIpc) is 2.59. The number of methoxy groups -OCH3 is 1. The lowest BCUT2D eigenvalue weighted by atomic mass is 9.92. The summed E-state index contributed by atoms with van der Waals surface area (Å²) >= 11 is 0. The Hall–Kier alpha value is -1.39. The van der Waals surface area contributed by atoms with Crippen LogP contribution >= 0.6 is 0 Å². The predicted molar refractivity (Wildman–Crippen MR) is 68.1 cm³/mol. The molecule has 1 aliphatic rings. The summed E-state index contributed by atoms with van der Waals surface area (Å²) in [6, 6.07) is 8.11. The van der Waals surface area contributed by atoms with Crippen LogP contribution in [0.2, 0.25) is 0 Å². The number of carbonyl (C=O) groups excluding carboxylic acids is 1. The van der Waals surface area contributed by atoms with Crippen molar-refractivity contribution in [3.63, 3.8) is 0 Å². The second-order valence-electron chi connectivity index (χ2n) is 4.81. The normalized spacial score (nSPS) is 25.8. The second-order valence-corrected chi connectivity index (χ2v) is 4.81. The van der Waals surface area contributed by atoms with Gasteiger partial charge in [-0.1, -0.05) is 24.3 Å². The van der Waals surface area contributed by atoms with Gasteiger partial charge < -0.3 is 14.8 Å². The summed E-state index contributed by atoms with van der Waals surface area (Å²) in [5.41, 5.74) is 1.86. The number of amides is 1. The lowest BCUT2D eigenvalue weighted by molar-refractivity contribution is -0.127. The molecule has 0 unspecified atom stereocenters. The molecule has 0 bridgehead atoms. The highest BCUT2D eigenvalue weighted by molar-refractivity contribution is 5.74. The van der Waals surface area contributed by atoms with E-state index in [1.807, 2.05) is 25.1 Å². The summed E-state index contributed by atoms with van der Waals surface area (Å²) in [6.45, 7) is 3.76. The lowest BCUT2D eigenvalue weighted by Crippen LogP contribution is -2.50. The van der Waals surface area contributed by atoms with E-state index in [1.54, 1.807) is 7.11 Å². The standard InChI is InChI=1S/C14H19NO3/c1-10(16)15-14(2)12-7-5-4-6-11(12)8-13(14)18-9-17-3/h4-7,13H,8-9H2,1-3H3,(H,15,16)/t13-,14+/m0/s1. The van der Waals surface area contributed by atoms with Gasteiger partial charge in [-0.2, -0.15) is 0 Å². The van der Waals surface area contributed by atoms with Gasteiger partial charge in [-0.05, 0) is 18.1 Å². The highest BCUT2D eigenvalue weighted by Gasteiger charge is 2.44. The van der Waals surface area contributed by atoms with E-state index < -0.39 is 5.54 Å². The molecule has 98 valence electrons. The number of benzene rings is 1. The Bertz CT molecular complexity index is 446. The van der Waals surface area contributed by atoms with Gasteiger partial charge in [0.05, 0.1) is 11.6 Å². The third-order valence-corrected chi connectivity index (χ3v) is 3.45.